The molecule has 0 aliphatic rings. The standard InChI is InChI=1S/C22H16FN5O.C21H14FN5/c1-29-22-5-4-15(7-17(22)23)21-11-25-19-8-16-13-28(12-14-3-2-6-24-10-14)27-18(16)9-20(19)26-21;22-16-5-3-4-14(8-16)20-12-24-18-9-15-11-25-27(21(15)10-19(18)26-20)13-17-6-1-2-7-23-17/h2-11,13H,12H2,1H3;1-12H,13H2. The Bertz CT molecular complexity index is 3010. The van der Waals surface area contributed by atoms with E-state index in [1.54, 1.807) is 43.0 Å². The molecule has 0 atom stereocenters. The number of aromatic nitrogens is 10. The van der Waals surface area contributed by atoms with Crippen molar-refractivity contribution in [2.45, 2.75) is 13.1 Å². The number of pyridine rings is 2. The van der Waals surface area contributed by atoms with Crippen molar-refractivity contribution in [2.75, 3.05) is 7.11 Å². The molecule has 11 nitrogen and oxygen atoms in total. The van der Waals surface area contributed by atoms with Crippen LogP contribution in [0, 0.1) is 11.6 Å². The summed E-state index contributed by atoms with van der Waals surface area (Å²) in [6, 6.07) is 28.6. The summed E-state index contributed by atoms with van der Waals surface area (Å²) in [6.45, 7) is 1.21. The molecule has 0 bridgehead atoms. The molecule has 0 radical (unpaired) electrons. The van der Waals surface area contributed by atoms with Gasteiger partial charge >= 0.3 is 0 Å². The van der Waals surface area contributed by atoms with Crippen LogP contribution in [0.2, 0.25) is 0 Å². The first-order valence-corrected chi connectivity index (χ1v) is 17.6. The van der Waals surface area contributed by atoms with E-state index < -0.39 is 5.82 Å². The van der Waals surface area contributed by atoms with Crippen LogP contribution in [0.25, 0.3) is 66.4 Å². The third-order valence-electron chi connectivity index (χ3n) is 9.19. The molecule has 56 heavy (non-hydrogen) atoms. The number of hydrogen-bond donors (Lipinski definition) is 0. The van der Waals surface area contributed by atoms with Gasteiger partial charge in [-0.25, -0.2) is 18.7 Å². The average molecular weight is 741 g/mol. The molecule has 0 spiro atoms. The van der Waals surface area contributed by atoms with Crippen LogP contribution in [0.4, 0.5) is 8.78 Å². The Labute approximate surface area is 318 Å². The van der Waals surface area contributed by atoms with Crippen LogP contribution < -0.4 is 4.74 Å². The van der Waals surface area contributed by atoms with Crippen molar-refractivity contribution >= 4 is 43.9 Å². The second kappa shape index (κ2) is 14.7. The molecule has 0 fully saturated rings. The van der Waals surface area contributed by atoms with Crippen LogP contribution in [0.15, 0.2) is 140 Å². The van der Waals surface area contributed by atoms with E-state index in [4.69, 9.17) is 4.74 Å². The van der Waals surface area contributed by atoms with Crippen LogP contribution >= 0.6 is 0 Å². The second-order valence-corrected chi connectivity index (χ2v) is 13.0. The maximum Gasteiger partial charge on any atom is 0.165 e. The lowest BCUT2D eigenvalue weighted by atomic mass is 10.1. The van der Waals surface area contributed by atoms with E-state index in [0.29, 0.717) is 41.1 Å². The van der Waals surface area contributed by atoms with Gasteiger partial charge in [0.15, 0.2) is 11.6 Å². The Hall–Kier alpha value is -7.54. The molecule has 6 heterocycles. The van der Waals surface area contributed by atoms with Crippen molar-refractivity contribution in [3.05, 3.63) is 163 Å². The molecule has 0 N–H and O–H groups in total. The fourth-order valence-electron chi connectivity index (χ4n) is 6.45. The van der Waals surface area contributed by atoms with Gasteiger partial charge in [-0.1, -0.05) is 24.3 Å². The summed E-state index contributed by atoms with van der Waals surface area (Å²) in [6.07, 6.45) is 12.5. The van der Waals surface area contributed by atoms with Gasteiger partial charge < -0.3 is 4.74 Å². The van der Waals surface area contributed by atoms with E-state index in [1.165, 1.54) is 25.3 Å². The first-order chi connectivity index (χ1) is 27.5. The minimum absolute atomic E-state index is 0.198. The van der Waals surface area contributed by atoms with Gasteiger partial charge in [0.1, 0.15) is 5.82 Å². The molecular weight excluding hydrogens is 711 g/mol. The van der Waals surface area contributed by atoms with Crippen molar-refractivity contribution < 1.29 is 13.5 Å². The monoisotopic (exact) mass is 740 g/mol. The average Bonchev–Trinajstić information content (AvgIpc) is 3.81. The minimum Gasteiger partial charge on any atom is -0.494 e. The summed E-state index contributed by atoms with van der Waals surface area (Å²) < 4.78 is 36.3. The van der Waals surface area contributed by atoms with Crippen molar-refractivity contribution in [1.82, 2.24) is 49.5 Å². The molecule has 0 aliphatic heterocycles. The fourth-order valence-corrected chi connectivity index (χ4v) is 6.45. The zero-order valence-electron chi connectivity index (χ0n) is 29.8. The molecule has 10 aromatic rings. The number of fused-ring (bicyclic) bond motifs is 4. The highest BCUT2D eigenvalue weighted by atomic mass is 19.1. The van der Waals surface area contributed by atoms with E-state index >= 15 is 0 Å². The number of rotatable bonds is 7. The topological polar surface area (TPSA) is 122 Å². The van der Waals surface area contributed by atoms with Crippen LogP contribution in [0.1, 0.15) is 11.3 Å². The van der Waals surface area contributed by atoms with Crippen molar-refractivity contribution in [2.24, 2.45) is 0 Å². The zero-order valence-corrected chi connectivity index (χ0v) is 29.8. The number of hydrogen-bond acceptors (Lipinski definition) is 9. The Kier molecular flexibility index (Phi) is 8.99. The number of halogens is 2. The van der Waals surface area contributed by atoms with Gasteiger partial charge in [0.2, 0.25) is 0 Å². The van der Waals surface area contributed by atoms with E-state index in [2.05, 4.69) is 40.1 Å². The summed E-state index contributed by atoms with van der Waals surface area (Å²) >= 11 is 0. The minimum atomic E-state index is -0.434. The van der Waals surface area contributed by atoms with E-state index in [-0.39, 0.29) is 11.6 Å². The molecule has 0 aliphatic carbocycles. The van der Waals surface area contributed by atoms with Gasteiger partial charge in [0.25, 0.3) is 0 Å². The highest BCUT2D eigenvalue weighted by molar-refractivity contribution is 5.94. The molecule has 0 saturated heterocycles. The van der Waals surface area contributed by atoms with Crippen molar-refractivity contribution in [3.63, 3.8) is 0 Å². The summed E-state index contributed by atoms with van der Waals surface area (Å²) in [5.74, 6) is -0.529. The lowest BCUT2D eigenvalue weighted by Gasteiger charge is -2.06. The number of benzene rings is 4. The van der Waals surface area contributed by atoms with Gasteiger partial charge in [0.05, 0.1) is 89.0 Å². The molecule has 0 amide bonds. The predicted octanol–water partition coefficient (Wildman–Crippen LogP) is 8.47. The normalized spacial score (nSPS) is 11.3. The number of nitrogens with zero attached hydrogens (tertiary/aromatic N) is 10. The zero-order chi connectivity index (χ0) is 38.0. The summed E-state index contributed by atoms with van der Waals surface area (Å²) in [5, 5.41) is 11.1. The highest BCUT2D eigenvalue weighted by Gasteiger charge is 2.12. The molecule has 0 unspecified atom stereocenters. The predicted molar refractivity (Wildman–Crippen MR) is 210 cm³/mol. The molecular formula is C43H30F2N10O. The van der Waals surface area contributed by atoms with Gasteiger partial charge in [-0.3, -0.25) is 29.3 Å². The maximum absolute atomic E-state index is 14.0. The Morgan fingerprint density at radius 2 is 1.43 bits per heavy atom. The summed E-state index contributed by atoms with van der Waals surface area (Å²) in [5.41, 5.74) is 9.34. The summed E-state index contributed by atoms with van der Waals surface area (Å²) in [7, 11) is 1.44. The molecule has 13 heteroatoms. The van der Waals surface area contributed by atoms with Gasteiger partial charge in [-0.15, -0.1) is 0 Å². The second-order valence-electron chi connectivity index (χ2n) is 13.0. The number of ether oxygens (including phenoxy) is 1. The maximum atomic E-state index is 14.0. The molecule has 6 aromatic heterocycles. The SMILES string of the molecule is COc1ccc(-c2cnc3cc4cn(Cc5cccnc5)nc4cc3n2)cc1F.Fc1cccc(-c2cnc3cc4cnn(Cc5ccccn5)c4cc3n2)c1. The largest absolute Gasteiger partial charge is 0.494 e. The lowest BCUT2D eigenvalue weighted by molar-refractivity contribution is 0.386. The smallest absolute Gasteiger partial charge is 0.165 e. The van der Waals surface area contributed by atoms with E-state index in [9.17, 15) is 8.78 Å². The van der Waals surface area contributed by atoms with Crippen LogP contribution in [-0.4, -0.2) is 56.6 Å². The molecule has 10 rings (SSSR count). The van der Waals surface area contributed by atoms with Crippen LogP contribution in [0.5, 0.6) is 5.75 Å². The van der Waals surface area contributed by atoms with Crippen LogP contribution in [0.3, 0.4) is 0 Å². The van der Waals surface area contributed by atoms with E-state index in [0.717, 1.165) is 49.6 Å². The van der Waals surface area contributed by atoms with Gasteiger partial charge in [0, 0.05) is 46.7 Å². The number of methoxy groups -OCH3 is 1. The Balaban J connectivity index is 0.000000147. The van der Waals surface area contributed by atoms with Crippen LogP contribution in [-0.2, 0) is 13.1 Å². The van der Waals surface area contributed by atoms with Gasteiger partial charge in [-0.05, 0) is 78.4 Å². The van der Waals surface area contributed by atoms with Crippen molar-refractivity contribution in [3.8, 4) is 28.3 Å². The third kappa shape index (κ3) is 7.08. The summed E-state index contributed by atoms with van der Waals surface area (Å²) in [4.78, 5) is 26.8. The van der Waals surface area contributed by atoms with E-state index in [1.807, 2.05) is 88.6 Å². The highest BCUT2D eigenvalue weighted by Crippen LogP contribution is 2.27. The molecule has 4 aromatic carbocycles. The first-order valence-electron chi connectivity index (χ1n) is 17.6. The third-order valence-corrected chi connectivity index (χ3v) is 9.19. The molecule has 272 valence electrons. The fraction of sp³-hybridized carbons (Fsp3) is 0.0698. The van der Waals surface area contributed by atoms with Gasteiger partial charge in [-0.2, -0.15) is 10.2 Å². The molecule has 0 saturated carbocycles. The quantitative estimate of drug-likeness (QED) is 0.158. The van der Waals surface area contributed by atoms with Crippen molar-refractivity contribution in [1.29, 1.82) is 0 Å². The Morgan fingerprint density at radius 1 is 0.625 bits per heavy atom. The lowest BCUT2D eigenvalue weighted by Crippen LogP contribution is -2.03. The first kappa shape index (κ1) is 34.2. The Morgan fingerprint density at radius 3 is 2.16 bits per heavy atom.